The molecule has 1 aromatic heterocycles. The van der Waals surface area contributed by atoms with E-state index in [0.29, 0.717) is 13.1 Å². The van der Waals surface area contributed by atoms with Crippen LogP contribution < -0.4 is 0 Å². The van der Waals surface area contributed by atoms with Gasteiger partial charge in [-0.3, -0.25) is 19.9 Å². The van der Waals surface area contributed by atoms with Crippen molar-refractivity contribution in [3.8, 4) is 0 Å². The van der Waals surface area contributed by atoms with E-state index in [2.05, 4.69) is 4.98 Å². The number of carbonyl (C=O) groups is 1. The molecule has 0 saturated carbocycles. The third-order valence-electron chi connectivity index (χ3n) is 2.28. The first-order valence-corrected chi connectivity index (χ1v) is 4.99. The van der Waals surface area contributed by atoms with Crippen LogP contribution >= 0.6 is 0 Å². The Morgan fingerprint density at radius 2 is 2.12 bits per heavy atom. The van der Waals surface area contributed by atoms with Gasteiger partial charge in [-0.05, 0) is 19.9 Å². The Labute approximate surface area is 93.1 Å². The molecule has 0 spiro atoms. The molecule has 6 nitrogen and oxygen atoms in total. The minimum Gasteiger partial charge on any atom is -0.339 e. The van der Waals surface area contributed by atoms with Gasteiger partial charge < -0.3 is 4.90 Å². The van der Waals surface area contributed by atoms with E-state index < -0.39 is 4.92 Å². The van der Waals surface area contributed by atoms with Crippen molar-refractivity contribution in [3.63, 3.8) is 0 Å². The Hall–Kier alpha value is -1.98. The summed E-state index contributed by atoms with van der Waals surface area (Å²) in [6.45, 7) is 4.70. The minimum atomic E-state index is -0.594. The van der Waals surface area contributed by atoms with Crippen LogP contribution in [-0.4, -0.2) is 33.8 Å². The molecule has 86 valence electrons. The van der Waals surface area contributed by atoms with Crippen LogP contribution in [0.15, 0.2) is 18.5 Å². The van der Waals surface area contributed by atoms with Crippen molar-refractivity contribution in [1.29, 1.82) is 0 Å². The molecule has 1 aromatic rings. The molecule has 0 bridgehead atoms. The normalized spacial score (nSPS) is 9.88. The molecule has 0 unspecified atom stereocenters. The lowest BCUT2D eigenvalue weighted by Crippen LogP contribution is -2.30. The van der Waals surface area contributed by atoms with Crippen LogP contribution in [0.3, 0.4) is 0 Å². The van der Waals surface area contributed by atoms with Gasteiger partial charge in [-0.1, -0.05) is 0 Å². The summed E-state index contributed by atoms with van der Waals surface area (Å²) in [6, 6.07) is 1.37. The van der Waals surface area contributed by atoms with Crippen LogP contribution in [0.1, 0.15) is 24.2 Å². The van der Waals surface area contributed by atoms with Crippen molar-refractivity contribution in [2.24, 2.45) is 0 Å². The van der Waals surface area contributed by atoms with Crippen molar-refractivity contribution in [2.75, 3.05) is 13.1 Å². The molecule has 6 heteroatoms. The van der Waals surface area contributed by atoms with Crippen LogP contribution in [0.2, 0.25) is 0 Å². The zero-order valence-corrected chi connectivity index (χ0v) is 9.21. The number of aromatic nitrogens is 1. The molecule has 0 N–H and O–H groups in total. The van der Waals surface area contributed by atoms with Crippen LogP contribution in [0.5, 0.6) is 0 Å². The highest BCUT2D eigenvalue weighted by atomic mass is 16.6. The lowest BCUT2D eigenvalue weighted by Gasteiger charge is -2.18. The van der Waals surface area contributed by atoms with E-state index in [4.69, 9.17) is 0 Å². The van der Waals surface area contributed by atoms with Crippen molar-refractivity contribution in [3.05, 3.63) is 34.1 Å². The van der Waals surface area contributed by atoms with Gasteiger partial charge in [0.1, 0.15) is 11.8 Å². The maximum absolute atomic E-state index is 11.9. The summed E-state index contributed by atoms with van der Waals surface area (Å²) in [7, 11) is 0. The number of hydrogen-bond donors (Lipinski definition) is 0. The second kappa shape index (κ2) is 5.20. The van der Waals surface area contributed by atoms with E-state index in [1.165, 1.54) is 17.2 Å². The van der Waals surface area contributed by atoms with Gasteiger partial charge in [0.25, 0.3) is 11.6 Å². The van der Waals surface area contributed by atoms with E-state index in [-0.39, 0.29) is 17.2 Å². The number of pyridine rings is 1. The van der Waals surface area contributed by atoms with Crippen molar-refractivity contribution >= 4 is 11.6 Å². The van der Waals surface area contributed by atoms with Gasteiger partial charge in [-0.15, -0.1) is 0 Å². The summed E-state index contributed by atoms with van der Waals surface area (Å²) in [5.41, 5.74) is -0.164. The lowest BCUT2D eigenvalue weighted by atomic mass is 10.2. The predicted molar refractivity (Wildman–Crippen MR) is 58.1 cm³/mol. The highest BCUT2D eigenvalue weighted by molar-refractivity contribution is 5.97. The third kappa shape index (κ3) is 2.33. The lowest BCUT2D eigenvalue weighted by molar-refractivity contribution is -0.385. The Morgan fingerprint density at radius 1 is 1.50 bits per heavy atom. The molecule has 1 heterocycles. The van der Waals surface area contributed by atoms with Crippen LogP contribution in [0.4, 0.5) is 5.69 Å². The molecular weight excluding hydrogens is 210 g/mol. The number of hydrogen-bond acceptors (Lipinski definition) is 4. The van der Waals surface area contributed by atoms with E-state index in [1.807, 2.05) is 13.8 Å². The fraction of sp³-hybridized carbons (Fsp3) is 0.400. The molecule has 0 aliphatic heterocycles. The quantitative estimate of drug-likeness (QED) is 0.572. The van der Waals surface area contributed by atoms with Gasteiger partial charge in [-0.25, -0.2) is 0 Å². The highest BCUT2D eigenvalue weighted by Gasteiger charge is 2.22. The van der Waals surface area contributed by atoms with E-state index in [1.54, 1.807) is 0 Å². The fourth-order valence-corrected chi connectivity index (χ4v) is 1.39. The summed E-state index contributed by atoms with van der Waals surface area (Å²) >= 11 is 0. The smallest absolute Gasteiger partial charge is 0.300 e. The fourth-order valence-electron chi connectivity index (χ4n) is 1.39. The number of nitro groups is 1. The average molecular weight is 223 g/mol. The van der Waals surface area contributed by atoms with Crippen LogP contribution in [-0.2, 0) is 0 Å². The maximum Gasteiger partial charge on any atom is 0.300 e. The van der Waals surface area contributed by atoms with Crippen molar-refractivity contribution in [2.45, 2.75) is 13.8 Å². The number of carbonyl (C=O) groups excluding carboxylic acids is 1. The first kappa shape index (κ1) is 12.1. The number of rotatable bonds is 4. The molecule has 0 radical (unpaired) electrons. The largest absolute Gasteiger partial charge is 0.339 e. The molecule has 0 atom stereocenters. The average Bonchev–Trinajstić information content (AvgIpc) is 2.30. The van der Waals surface area contributed by atoms with Crippen LogP contribution in [0, 0.1) is 10.1 Å². The summed E-state index contributed by atoms with van der Waals surface area (Å²) in [5.74, 6) is -0.334. The third-order valence-corrected chi connectivity index (χ3v) is 2.28. The zero-order chi connectivity index (χ0) is 12.1. The van der Waals surface area contributed by atoms with Gasteiger partial charge in [0.2, 0.25) is 0 Å². The topological polar surface area (TPSA) is 76.3 Å². The minimum absolute atomic E-state index is 0.0868. The first-order chi connectivity index (χ1) is 7.61. The first-order valence-electron chi connectivity index (χ1n) is 4.99. The molecule has 0 aliphatic rings. The van der Waals surface area contributed by atoms with Crippen molar-refractivity contribution < 1.29 is 9.72 Å². The van der Waals surface area contributed by atoms with Gasteiger partial charge in [0.15, 0.2) is 0 Å². The van der Waals surface area contributed by atoms with Gasteiger partial charge in [-0.2, -0.15) is 0 Å². The molecule has 0 saturated heterocycles. The summed E-state index contributed by atoms with van der Waals surface area (Å²) in [5, 5.41) is 10.7. The Kier molecular flexibility index (Phi) is 3.93. The van der Waals surface area contributed by atoms with Gasteiger partial charge in [0.05, 0.1) is 4.92 Å². The van der Waals surface area contributed by atoms with Gasteiger partial charge in [0, 0.05) is 19.3 Å². The number of amides is 1. The van der Waals surface area contributed by atoms with Gasteiger partial charge >= 0.3 is 0 Å². The van der Waals surface area contributed by atoms with Crippen molar-refractivity contribution in [1.82, 2.24) is 9.88 Å². The molecule has 1 rings (SSSR count). The summed E-state index contributed by atoms with van der Waals surface area (Å²) < 4.78 is 0. The Bertz CT molecular complexity index is 402. The van der Waals surface area contributed by atoms with Crippen LogP contribution in [0.25, 0.3) is 0 Å². The predicted octanol–water partition coefficient (Wildman–Crippen LogP) is 1.47. The second-order valence-electron chi connectivity index (χ2n) is 3.13. The van der Waals surface area contributed by atoms with E-state index in [9.17, 15) is 14.9 Å². The second-order valence-corrected chi connectivity index (χ2v) is 3.13. The monoisotopic (exact) mass is 223 g/mol. The molecule has 0 aromatic carbocycles. The van der Waals surface area contributed by atoms with E-state index in [0.717, 1.165) is 6.20 Å². The molecule has 0 fully saturated rings. The summed E-state index contributed by atoms with van der Waals surface area (Å²) in [4.78, 5) is 27.2. The maximum atomic E-state index is 11.9. The number of nitrogens with zero attached hydrogens (tertiary/aromatic N) is 3. The highest BCUT2D eigenvalue weighted by Crippen LogP contribution is 2.17. The van der Waals surface area contributed by atoms with E-state index >= 15 is 0 Å². The zero-order valence-electron chi connectivity index (χ0n) is 9.21. The Morgan fingerprint density at radius 3 is 2.62 bits per heavy atom. The molecule has 0 aliphatic carbocycles. The SMILES string of the molecule is CCN(CC)C(=O)c1ccncc1[N+](=O)[O-]. The Balaban J connectivity index is 3.12. The summed E-state index contributed by atoms with van der Waals surface area (Å²) in [6.07, 6.45) is 2.47. The standard InChI is InChI=1S/C10H13N3O3/c1-3-12(4-2)10(14)8-5-6-11-7-9(8)13(15)16/h5-7H,3-4H2,1-2H3. The molecular formula is C10H13N3O3. The molecule has 16 heavy (non-hydrogen) atoms. The molecule has 1 amide bonds.